The second kappa shape index (κ2) is 7.08. The lowest BCUT2D eigenvalue weighted by Crippen LogP contribution is -2.34. The van der Waals surface area contributed by atoms with E-state index in [9.17, 15) is 4.79 Å². The summed E-state index contributed by atoms with van der Waals surface area (Å²) in [5, 5.41) is 3.02. The Labute approximate surface area is 125 Å². The highest BCUT2D eigenvalue weighted by atomic mass is 16.5. The molecule has 0 spiro atoms. The highest BCUT2D eigenvalue weighted by Gasteiger charge is 2.31. The topological polar surface area (TPSA) is 80.0 Å². The lowest BCUT2D eigenvalue weighted by molar-refractivity contribution is -0.140. The van der Waals surface area contributed by atoms with Crippen LogP contribution in [0.5, 0.6) is 0 Å². The molecule has 0 aliphatic carbocycles. The molecule has 21 heavy (non-hydrogen) atoms. The number of guanidine groups is 1. The molecule has 1 saturated heterocycles. The summed E-state index contributed by atoms with van der Waals surface area (Å²) in [5.74, 6) is 0.365. The van der Waals surface area contributed by atoms with Crippen LogP contribution in [0.2, 0.25) is 0 Å². The number of nitrogens with zero attached hydrogens (tertiary/aromatic N) is 2. The number of hydrogen-bond donors (Lipinski definition) is 2. The number of carbonyl (C=O) groups excluding carboxylic acids is 1. The van der Waals surface area contributed by atoms with E-state index in [0.29, 0.717) is 12.5 Å². The summed E-state index contributed by atoms with van der Waals surface area (Å²) in [6, 6.07) is 9.62. The van der Waals surface area contributed by atoms with E-state index in [-0.39, 0.29) is 18.1 Å². The highest BCUT2D eigenvalue weighted by molar-refractivity contribution is 5.92. The zero-order chi connectivity index (χ0) is 15.2. The van der Waals surface area contributed by atoms with Crippen LogP contribution in [0.25, 0.3) is 0 Å². The van der Waals surface area contributed by atoms with Crippen molar-refractivity contribution in [1.29, 1.82) is 0 Å². The van der Waals surface area contributed by atoms with Crippen LogP contribution in [0.1, 0.15) is 12.8 Å². The third kappa shape index (κ3) is 4.46. The molecule has 2 atom stereocenters. The van der Waals surface area contributed by atoms with Gasteiger partial charge in [-0.25, -0.2) is 0 Å². The number of nitrogens with two attached hydrogens (primary N) is 1. The summed E-state index contributed by atoms with van der Waals surface area (Å²) in [5.41, 5.74) is 6.73. The largest absolute Gasteiger partial charge is 0.370 e. The van der Waals surface area contributed by atoms with E-state index in [2.05, 4.69) is 10.3 Å². The fourth-order valence-electron chi connectivity index (χ4n) is 2.22. The Kier molecular flexibility index (Phi) is 5.16. The molecule has 1 aliphatic heterocycles. The number of nitrogens with one attached hydrogen (secondary N) is 1. The van der Waals surface area contributed by atoms with E-state index < -0.39 is 0 Å². The first-order valence-electron chi connectivity index (χ1n) is 7.05. The fourth-order valence-corrected chi connectivity index (χ4v) is 2.22. The van der Waals surface area contributed by atoms with E-state index in [1.165, 1.54) is 0 Å². The monoisotopic (exact) mass is 290 g/mol. The summed E-state index contributed by atoms with van der Waals surface area (Å²) in [6.45, 7) is 0.461. The van der Waals surface area contributed by atoms with Crippen molar-refractivity contribution in [3.05, 3.63) is 30.3 Å². The lowest BCUT2D eigenvalue weighted by atomic mass is 10.2. The number of para-hydroxylation sites is 1. The molecule has 1 heterocycles. The van der Waals surface area contributed by atoms with E-state index in [4.69, 9.17) is 10.5 Å². The van der Waals surface area contributed by atoms with Gasteiger partial charge in [-0.3, -0.25) is 9.79 Å². The Morgan fingerprint density at radius 2 is 2.10 bits per heavy atom. The normalized spacial score (nSPS) is 22.1. The summed E-state index contributed by atoms with van der Waals surface area (Å²) >= 11 is 0. The molecule has 1 aromatic carbocycles. The third-order valence-electron chi connectivity index (χ3n) is 3.34. The van der Waals surface area contributed by atoms with Gasteiger partial charge in [-0.05, 0) is 25.0 Å². The molecule has 1 aliphatic rings. The summed E-state index contributed by atoms with van der Waals surface area (Å²) in [7, 11) is 3.47. The number of amides is 1. The van der Waals surface area contributed by atoms with Gasteiger partial charge in [0, 0.05) is 19.8 Å². The first-order valence-corrected chi connectivity index (χ1v) is 7.05. The van der Waals surface area contributed by atoms with Crippen molar-refractivity contribution in [2.75, 3.05) is 26.0 Å². The number of likely N-dealkylation sites (N-methyl/N-ethyl adjacent to an activating group) is 1. The highest BCUT2D eigenvalue weighted by Crippen LogP contribution is 2.21. The SMILES string of the molecule is CN(C)C(=O)C1CCC(CN=C(N)Nc2ccccc2)O1. The Morgan fingerprint density at radius 1 is 1.38 bits per heavy atom. The number of carbonyl (C=O) groups is 1. The van der Waals surface area contributed by atoms with E-state index in [1.807, 2.05) is 30.3 Å². The van der Waals surface area contributed by atoms with Crippen molar-refractivity contribution in [3.8, 4) is 0 Å². The Bertz CT molecular complexity index is 502. The van der Waals surface area contributed by atoms with Crippen LogP contribution in [0.3, 0.4) is 0 Å². The lowest BCUT2D eigenvalue weighted by Gasteiger charge is -2.16. The second-order valence-corrected chi connectivity index (χ2v) is 5.27. The molecule has 1 fully saturated rings. The third-order valence-corrected chi connectivity index (χ3v) is 3.34. The van der Waals surface area contributed by atoms with Gasteiger partial charge in [-0.2, -0.15) is 0 Å². The van der Waals surface area contributed by atoms with Crippen molar-refractivity contribution < 1.29 is 9.53 Å². The van der Waals surface area contributed by atoms with Gasteiger partial charge in [0.2, 0.25) is 0 Å². The maximum absolute atomic E-state index is 11.8. The molecule has 1 amide bonds. The number of hydrogen-bond acceptors (Lipinski definition) is 3. The Hall–Kier alpha value is -2.08. The maximum Gasteiger partial charge on any atom is 0.251 e. The molecular weight excluding hydrogens is 268 g/mol. The van der Waals surface area contributed by atoms with E-state index in [1.54, 1.807) is 19.0 Å². The second-order valence-electron chi connectivity index (χ2n) is 5.27. The molecular formula is C15H22N4O2. The number of aliphatic imine (C=N–C) groups is 1. The average Bonchev–Trinajstić information content (AvgIpc) is 2.94. The molecule has 2 rings (SSSR count). The minimum absolute atomic E-state index is 0.0110. The molecule has 0 aromatic heterocycles. The van der Waals surface area contributed by atoms with Crippen molar-refractivity contribution in [1.82, 2.24) is 4.90 Å². The average molecular weight is 290 g/mol. The molecule has 1 aromatic rings. The number of ether oxygens (including phenoxy) is 1. The number of anilines is 1. The molecule has 0 radical (unpaired) electrons. The van der Waals surface area contributed by atoms with Crippen molar-refractivity contribution in [2.24, 2.45) is 10.7 Å². The van der Waals surface area contributed by atoms with Crippen LogP contribution in [0.4, 0.5) is 5.69 Å². The molecule has 0 saturated carbocycles. The first kappa shape index (κ1) is 15.3. The molecule has 114 valence electrons. The zero-order valence-electron chi connectivity index (χ0n) is 12.5. The predicted octanol–water partition coefficient (Wildman–Crippen LogP) is 1.05. The van der Waals surface area contributed by atoms with Gasteiger partial charge in [-0.15, -0.1) is 0 Å². The van der Waals surface area contributed by atoms with Crippen LogP contribution in [-0.2, 0) is 9.53 Å². The number of benzene rings is 1. The molecule has 6 nitrogen and oxygen atoms in total. The summed E-state index contributed by atoms with van der Waals surface area (Å²) < 4.78 is 5.70. The van der Waals surface area contributed by atoms with Crippen LogP contribution >= 0.6 is 0 Å². The molecule has 6 heteroatoms. The molecule has 0 bridgehead atoms. The van der Waals surface area contributed by atoms with Gasteiger partial charge in [0.15, 0.2) is 5.96 Å². The standard InChI is InChI=1S/C15H22N4O2/c1-19(2)14(20)13-9-8-12(21-13)10-17-15(16)18-11-6-4-3-5-7-11/h3-7,12-13H,8-10H2,1-2H3,(H3,16,17,18). The summed E-state index contributed by atoms with van der Waals surface area (Å²) in [6.07, 6.45) is 1.17. The van der Waals surface area contributed by atoms with Crippen molar-refractivity contribution >= 4 is 17.6 Å². The van der Waals surface area contributed by atoms with Gasteiger partial charge >= 0.3 is 0 Å². The molecule has 2 unspecified atom stereocenters. The van der Waals surface area contributed by atoms with Crippen molar-refractivity contribution in [3.63, 3.8) is 0 Å². The first-order chi connectivity index (χ1) is 10.1. The van der Waals surface area contributed by atoms with Crippen LogP contribution < -0.4 is 11.1 Å². The Morgan fingerprint density at radius 3 is 2.76 bits per heavy atom. The minimum atomic E-state index is -0.344. The van der Waals surface area contributed by atoms with Crippen LogP contribution in [-0.4, -0.2) is 49.6 Å². The van der Waals surface area contributed by atoms with E-state index >= 15 is 0 Å². The van der Waals surface area contributed by atoms with Crippen molar-refractivity contribution in [2.45, 2.75) is 25.0 Å². The quantitative estimate of drug-likeness (QED) is 0.641. The smallest absolute Gasteiger partial charge is 0.251 e. The Balaban J connectivity index is 1.80. The van der Waals surface area contributed by atoms with Gasteiger partial charge in [0.1, 0.15) is 6.10 Å². The van der Waals surface area contributed by atoms with Gasteiger partial charge in [0.25, 0.3) is 5.91 Å². The fraction of sp³-hybridized carbons (Fsp3) is 0.467. The number of rotatable bonds is 4. The van der Waals surface area contributed by atoms with E-state index in [0.717, 1.165) is 18.5 Å². The maximum atomic E-state index is 11.8. The minimum Gasteiger partial charge on any atom is -0.370 e. The van der Waals surface area contributed by atoms with Crippen LogP contribution in [0, 0.1) is 0 Å². The predicted molar refractivity (Wildman–Crippen MR) is 83.1 cm³/mol. The summed E-state index contributed by atoms with van der Waals surface area (Å²) in [4.78, 5) is 17.6. The van der Waals surface area contributed by atoms with Gasteiger partial charge < -0.3 is 20.7 Å². The molecule has 3 N–H and O–H groups in total. The van der Waals surface area contributed by atoms with Gasteiger partial charge in [0.05, 0.1) is 12.6 Å². The zero-order valence-corrected chi connectivity index (χ0v) is 12.5. The van der Waals surface area contributed by atoms with Gasteiger partial charge in [-0.1, -0.05) is 18.2 Å². The van der Waals surface area contributed by atoms with Crippen LogP contribution in [0.15, 0.2) is 35.3 Å².